The maximum absolute atomic E-state index is 11.8. The molecule has 0 saturated carbocycles. The molecule has 0 atom stereocenters. The van der Waals surface area contributed by atoms with Crippen LogP contribution >= 0.6 is 0 Å². The first-order chi connectivity index (χ1) is 11.0. The molecule has 2 amide bonds. The number of benzene rings is 2. The molecule has 0 fully saturated rings. The van der Waals surface area contributed by atoms with Crippen LogP contribution in [0.2, 0.25) is 0 Å². The molecule has 0 spiro atoms. The SMILES string of the molecule is Cc1ccc(CNC(=O)NCOc2c(C)ccc(C)c2C)cc1. The van der Waals surface area contributed by atoms with Gasteiger partial charge in [0.2, 0.25) is 0 Å². The first-order valence-corrected chi connectivity index (χ1v) is 7.74. The molecule has 122 valence electrons. The Morgan fingerprint density at radius 1 is 0.913 bits per heavy atom. The summed E-state index contributed by atoms with van der Waals surface area (Å²) < 4.78 is 5.71. The first-order valence-electron chi connectivity index (χ1n) is 7.74. The van der Waals surface area contributed by atoms with Crippen molar-refractivity contribution in [2.75, 3.05) is 6.73 Å². The van der Waals surface area contributed by atoms with E-state index in [0.29, 0.717) is 6.54 Å². The highest BCUT2D eigenvalue weighted by atomic mass is 16.5. The molecule has 0 radical (unpaired) electrons. The molecule has 0 aliphatic carbocycles. The maximum Gasteiger partial charge on any atom is 0.317 e. The second kappa shape index (κ2) is 7.68. The van der Waals surface area contributed by atoms with Gasteiger partial charge in [-0.1, -0.05) is 42.0 Å². The zero-order chi connectivity index (χ0) is 16.8. The van der Waals surface area contributed by atoms with Gasteiger partial charge in [0.05, 0.1) is 0 Å². The van der Waals surface area contributed by atoms with E-state index in [1.165, 1.54) is 11.1 Å². The van der Waals surface area contributed by atoms with Crippen LogP contribution in [0.15, 0.2) is 36.4 Å². The van der Waals surface area contributed by atoms with E-state index in [4.69, 9.17) is 4.74 Å². The van der Waals surface area contributed by atoms with Crippen LogP contribution in [0, 0.1) is 27.7 Å². The number of hydrogen-bond acceptors (Lipinski definition) is 2. The molecule has 2 aromatic rings. The summed E-state index contributed by atoms with van der Waals surface area (Å²) in [5.74, 6) is 0.837. The van der Waals surface area contributed by atoms with Gasteiger partial charge in [-0.3, -0.25) is 0 Å². The predicted octanol–water partition coefficient (Wildman–Crippen LogP) is 3.76. The van der Waals surface area contributed by atoms with Crippen LogP contribution < -0.4 is 15.4 Å². The van der Waals surface area contributed by atoms with Crippen LogP contribution in [0.4, 0.5) is 4.79 Å². The summed E-state index contributed by atoms with van der Waals surface area (Å²) in [5, 5.41) is 5.53. The molecular weight excluding hydrogens is 288 g/mol. The molecule has 0 unspecified atom stereocenters. The number of rotatable bonds is 5. The Bertz CT molecular complexity index is 679. The maximum atomic E-state index is 11.8. The Morgan fingerprint density at radius 2 is 1.57 bits per heavy atom. The van der Waals surface area contributed by atoms with E-state index in [0.717, 1.165) is 22.4 Å². The summed E-state index contributed by atoms with van der Waals surface area (Å²) in [6.07, 6.45) is 0. The number of amides is 2. The summed E-state index contributed by atoms with van der Waals surface area (Å²) in [4.78, 5) is 11.8. The van der Waals surface area contributed by atoms with Gasteiger partial charge in [-0.25, -0.2) is 4.79 Å². The van der Waals surface area contributed by atoms with Crippen molar-refractivity contribution in [3.05, 3.63) is 64.2 Å². The number of aryl methyl sites for hydroxylation is 3. The molecule has 23 heavy (non-hydrogen) atoms. The monoisotopic (exact) mass is 312 g/mol. The molecular formula is C19H24N2O2. The fourth-order valence-corrected chi connectivity index (χ4v) is 2.27. The zero-order valence-electron chi connectivity index (χ0n) is 14.2. The largest absolute Gasteiger partial charge is 0.473 e. The molecule has 0 bridgehead atoms. The highest BCUT2D eigenvalue weighted by Crippen LogP contribution is 2.25. The predicted molar refractivity (Wildman–Crippen MR) is 92.7 cm³/mol. The second-order valence-corrected chi connectivity index (χ2v) is 5.79. The van der Waals surface area contributed by atoms with Crippen LogP contribution in [0.1, 0.15) is 27.8 Å². The van der Waals surface area contributed by atoms with Crippen LogP contribution in [-0.4, -0.2) is 12.8 Å². The summed E-state index contributed by atoms with van der Waals surface area (Å²) in [5.41, 5.74) is 5.61. The smallest absolute Gasteiger partial charge is 0.317 e. The molecule has 0 aromatic heterocycles. The molecule has 2 aromatic carbocycles. The number of nitrogens with one attached hydrogen (secondary N) is 2. The van der Waals surface area contributed by atoms with Gasteiger partial charge in [-0.05, 0) is 49.9 Å². The van der Waals surface area contributed by atoms with Crippen LogP contribution in [0.3, 0.4) is 0 Å². The standard InChI is InChI=1S/C19H24N2O2/c1-13-5-9-17(10-6-13)11-20-19(22)21-12-23-18-15(3)8-7-14(2)16(18)4/h5-10H,11-12H2,1-4H3,(H2,20,21,22). The molecule has 4 heteroatoms. The van der Waals surface area contributed by atoms with E-state index in [1.54, 1.807) is 0 Å². The van der Waals surface area contributed by atoms with Crippen molar-refractivity contribution < 1.29 is 9.53 Å². The van der Waals surface area contributed by atoms with Crippen LogP contribution in [0.25, 0.3) is 0 Å². The van der Waals surface area contributed by atoms with E-state index >= 15 is 0 Å². The molecule has 0 saturated heterocycles. The Balaban J connectivity index is 1.79. The van der Waals surface area contributed by atoms with E-state index in [-0.39, 0.29) is 12.8 Å². The Morgan fingerprint density at radius 3 is 2.26 bits per heavy atom. The van der Waals surface area contributed by atoms with Crippen molar-refractivity contribution in [3.8, 4) is 5.75 Å². The highest BCUT2D eigenvalue weighted by Gasteiger charge is 2.07. The van der Waals surface area contributed by atoms with Crippen LogP contribution in [-0.2, 0) is 6.54 Å². The first kappa shape index (κ1) is 16.9. The van der Waals surface area contributed by atoms with E-state index in [2.05, 4.69) is 16.7 Å². The van der Waals surface area contributed by atoms with Gasteiger partial charge in [0.25, 0.3) is 0 Å². The minimum Gasteiger partial charge on any atom is -0.473 e. The summed E-state index contributed by atoms with van der Waals surface area (Å²) in [7, 11) is 0. The molecule has 2 N–H and O–H groups in total. The van der Waals surface area contributed by atoms with Crippen LogP contribution in [0.5, 0.6) is 5.75 Å². The number of hydrogen-bond donors (Lipinski definition) is 2. The van der Waals surface area contributed by atoms with Gasteiger partial charge in [-0.15, -0.1) is 0 Å². The Hall–Kier alpha value is -2.49. The lowest BCUT2D eigenvalue weighted by molar-refractivity contribution is 0.223. The normalized spacial score (nSPS) is 10.3. The van der Waals surface area contributed by atoms with E-state index < -0.39 is 0 Å². The summed E-state index contributed by atoms with van der Waals surface area (Å²) in [6.45, 7) is 8.74. The quantitative estimate of drug-likeness (QED) is 0.826. The lowest BCUT2D eigenvalue weighted by Crippen LogP contribution is -2.37. The summed E-state index contributed by atoms with van der Waals surface area (Å²) >= 11 is 0. The number of carbonyl (C=O) groups excluding carboxylic acids is 1. The van der Waals surface area contributed by atoms with Crippen molar-refractivity contribution >= 4 is 6.03 Å². The lowest BCUT2D eigenvalue weighted by Gasteiger charge is -2.14. The topological polar surface area (TPSA) is 50.4 Å². The number of ether oxygens (including phenoxy) is 1. The molecule has 0 heterocycles. The molecule has 0 aliphatic rings. The van der Waals surface area contributed by atoms with Gasteiger partial charge in [0, 0.05) is 6.54 Å². The Kier molecular flexibility index (Phi) is 5.63. The van der Waals surface area contributed by atoms with Crippen molar-refractivity contribution in [3.63, 3.8) is 0 Å². The van der Waals surface area contributed by atoms with E-state index in [9.17, 15) is 4.79 Å². The summed E-state index contributed by atoms with van der Waals surface area (Å²) in [6, 6.07) is 11.9. The third-order valence-corrected chi connectivity index (χ3v) is 3.90. The highest BCUT2D eigenvalue weighted by molar-refractivity contribution is 5.73. The van der Waals surface area contributed by atoms with Crippen molar-refractivity contribution in [1.29, 1.82) is 0 Å². The van der Waals surface area contributed by atoms with Crippen molar-refractivity contribution in [1.82, 2.24) is 10.6 Å². The number of urea groups is 1. The minimum atomic E-state index is -0.242. The van der Waals surface area contributed by atoms with Gasteiger partial charge in [-0.2, -0.15) is 0 Å². The lowest BCUT2D eigenvalue weighted by atomic mass is 10.1. The third-order valence-electron chi connectivity index (χ3n) is 3.90. The second-order valence-electron chi connectivity index (χ2n) is 5.79. The van der Waals surface area contributed by atoms with Gasteiger partial charge in [0.15, 0.2) is 6.73 Å². The average molecular weight is 312 g/mol. The average Bonchev–Trinajstić information content (AvgIpc) is 2.54. The van der Waals surface area contributed by atoms with E-state index in [1.807, 2.05) is 58.0 Å². The molecule has 4 nitrogen and oxygen atoms in total. The fraction of sp³-hybridized carbons (Fsp3) is 0.316. The fourth-order valence-electron chi connectivity index (χ4n) is 2.27. The van der Waals surface area contributed by atoms with Gasteiger partial charge >= 0.3 is 6.03 Å². The zero-order valence-corrected chi connectivity index (χ0v) is 14.2. The Labute approximate surface area is 137 Å². The van der Waals surface area contributed by atoms with Gasteiger partial charge < -0.3 is 15.4 Å². The number of carbonyl (C=O) groups is 1. The minimum absolute atomic E-state index is 0.144. The van der Waals surface area contributed by atoms with Crippen molar-refractivity contribution in [2.45, 2.75) is 34.2 Å². The third kappa shape index (κ3) is 4.74. The molecule has 0 aliphatic heterocycles. The van der Waals surface area contributed by atoms with Gasteiger partial charge in [0.1, 0.15) is 5.75 Å². The van der Waals surface area contributed by atoms with Crippen molar-refractivity contribution in [2.24, 2.45) is 0 Å². The molecule has 2 rings (SSSR count).